The molecule has 1 aliphatic heterocycles. The number of benzene rings is 2. The van der Waals surface area contributed by atoms with E-state index in [1.54, 1.807) is 12.1 Å². The molecule has 0 spiro atoms. The van der Waals surface area contributed by atoms with Crippen molar-refractivity contribution < 1.29 is 14.4 Å². The van der Waals surface area contributed by atoms with Gasteiger partial charge in [-0.05, 0) is 31.5 Å². The largest absolute Gasteiger partial charge is 0.385 e. The number of hydrogen-bond donors (Lipinski definition) is 1. The first-order valence-corrected chi connectivity index (χ1v) is 8.69. The number of carbonyl (C=O) groups is 3. The summed E-state index contributed by atoms with van der Waals surface area (Å²) in [6, 6.07) is 9.19. The van der Waals surface area contributed by atoms with Gasteiger partial charge in [0, 0.05) is 47.1 Å². The van der Waals surface area contributed by atoms with Crippen molar-refractivity contribution in [2.24, 2.45) is 0 Å². The molecule has 2 aromatic carbocycles. The second kappa shape index (κ2) is 7.05. The molecule has 0 saturated heterocycles. The first kappa shape index (κ1) is 17.1. The number of anilines is 1. The lowest BCUT2D eigenvalue weighted by Crippen LogP contribution is -2.41. The van der Waals surface area contributed by atoms with E-state index in [-0.39, 0.29) is 30.6 Å². The van der Waals surface area contributed by atoms with Crippen LogP contribution in [0.4, 0.5) is 5.69 Å². The Kier molecular flexibility index (Phi) is 4.83. The van der Waals surface area contributed by atoms with E-state index in [9.17, 15) is 14.4 Å². The number of nitrogens with zero attached hydrogens (tertiary/aromatic N) is 1. The highest BCUT2D eigenvalue weighted by atomic mass is 16.2. The minimum atomic E-state index is -0.324. The van der Waals surface area contributed by atoms with Crippen LogP contribution in [0.5, 0.6) is 0 Å². The first-order chi connectivity index (χ1) is 12.0. The average Bonchev–Trinajstić information content (AvgIpc) is 2.60. The van der Waals surface area contributed by atoms with Gasteiger partial charge in [-0.2, -0.15) is 0 Å². The Hall–Kier alpha value is -2.69. The second-order valence-corrected chi connectivity index (χ2v) is 6.38. The van der Waals surface area contributed by atoms with Crippen LogP contribution in [-0.2, 0) is 4.79 Å². The number of imide groups is 1. The maximum absolute atomic E-state index is 12.8. The number of rotatable bonds is 7. The molecule has 0 aromatic heterocycles. The molecule has 2 amide bonds. The van der Waals surface area contributed by atoms with E-state index >= 15 is 0 Å². The Balaban J connectivity index is 2.04. The predicted molar refractivity (Wildman–Crippen MR) is 98.0 cm³/mol. The van der Waals surface area contributed by atoms with Crippen molar-refractivity contribution in [2.75, 3.05) is 18.4 Å². The fourth-order valence-electron chi connectivity index (χ4n) is 3.17. The van der Waals surface area contributed by atoms with Crippen LogP contribution in [0, 0.1) is 0 Å². The molecule has 0 aliphatic carbocycles. The van der Waals surface area contributed by atoms with Crippen molar-refractivity contribution in [1.29, 1.82) is 0 Å². The standard InChI is InChI=1S/C20H22N2O3/c1-3-4-11-21-17-9-8-16-18-14(17)6-5-7-15(18)19(24)22(20(16)25)12-10-13(2)23/h5-9,21H,3-4,10-12H2,1-2H3. The number of ketones is 1. The van der Waals surface area contributed by atoms with Crippen LogP contribution < -0.4 is 5.32 Å². The fraction of sp³-hybridized carbons (Fsp3) is 0.350. The number of nitrogens with one attached hydrogen (secondary N) is 1. The molecule has 3 rings (SSSR count). The van der Waals surface area contributed by atoms with Gasteiger partial charge in [-0.25, -0.2) is 0 Å². The summed E-state index contributed by atoms with van der Waals surface area (Å²) in [4.78, 5) is 38.0. The van der Waals surface area contributed by atoms with Crippen LogP contribution in [0.2, 0.25) is 0 Å². The van der Waals surface area contributed by atoms with Gasteiger partial charge < -0.3 is 5.32 Å². The predicted octanol–water partition coefficient (Wildman–Crippen LogP) is 3.63. The molecule has 5 heteroatoms. The molecule has 1 aliphatic rings. The summed E-state index contributed by atoms with van der Waals surface area (Å²) < 4.78 is 0. The third-order valence-electron chi connectivity index (χ3n) is 4.53. The summed E-state index contributed by atoms with van der Waals surface area (Å²) >= 11 is 0. The molecule has 2 aromatic rings. The molecule has 1 N–H and O–H groups in total. The zero-order valence-corrected chi connectivity index (χ0v) is 14.6. The monoisotopic (exact) mass is 338 g/mol. The van der Waals surface area contributed by atoms with Crippen LogP contribution in [0.3, 0.4) is 0 Å². The lowest BCUT2D eigenvalue weighted by atomic mass is 9.93. The lowest BCUT2D eigenvalue weighted by Gasteiger charge is -2.27. The molecule has 130 valence electrons. The lowest BCUT2D eigenvalue weighted by molar-refractivity contribution is -0.117. The van der Waals surface area contributed by atoms with Gasteiger partial charge in [-0.1, -0.05) is 25.5 Å². The molecule has 1 heterocycles. The maximum Gasteiger partial charge on any atom is 0.261 e. The molecule has 25 heavy (non-hydrogen) atoms. The van der Waals surface area contributed by atoms with E-state index < -0.39 is 0 Å². The zero-order valence-electron chi connectivity index (χ0n) is 14.6. The number of Topliss-reactive ketones (excluding diaryl/α,β-unsaturated/α-hetero) is 1. The Labute approximate surface area is 147 Å². The molecular weight excluding hydrogens is 316 g/mol. The van der Waals surface area contributed by atoms with Crippen LogP contribution in [0.1, 0.15) is 53.8 Å². The van der Waals surface area contributed by atoms with Gasteiger partial charge >= 0.3 is 0 Å². The highest BCUT2D eigenvalue weighted by molar-refractivity contribution is 6.26. The SMILES string of the molecule is CCCCNc1ccc2c3c(cccc13)C(=O)N(CCC(C)=O)C2=O. The number of amides is 2. The van der Waals surface area contributed by atoms with Crippen molar-refractivity contribution in [1.82, 2.24) is 4.90 Å². The average molecular weight is 338 g/mol. The second-order valence-electron chi connectivity index (χ2n) is 6.38. The molecule has 0 unspecified atom stereocenters. The maximum atomic E-state index is 12.8. The molecular formula is C20H22N2O3. The normalized spacial score (nSPS) is 13.4. The van der Waals surface area contributed by atoms with Crippen molar-refractivity contribution in [3.05, 3.63) is 41.5 Å². The number of carbonyl (C=O) groups excluding carboxylic acids is 3. The van der Waals surface area contributed by atoms with Crippen molar-refractivity contribution >= 4 is 34.1 Å². The third kappa shape index (κ3) is 3.14. The molecule has 0 radical (unpaired) electrons. The van der Waals surface area contributed by atoms with Gasteiger partial charge in [-0.3, -0.25) is 19.3 Å². The van der Waals surface area contributed by atoms with Crippen LogP contribution in [0.25, 0.3) is 10.8 Å². The van der Waals surface area contributed by atoms with Crippen LogP contribution in [0.15, 0.2) is 30.3 Å². The smallest absolute Gasteiger partial charge is 0.261 e. The van der Waals surface area contributed by atoms with Crippen molar-refractivity contribution in [2.45, 2.75) is 33.1 Å². The van der Waals surface area contributed by atoms with Gasteiger partial charge in [0.05, 0.1) is 0 Å². The Morgan fingerprint density at radius 3 is 2.48 bits per heavy atom. The Morgan fingerprint density at radius 1 is 1.08 bits per heavy atom. The first-order valence-electron chi connectivity index (χ1n) is 8.69. The fourth-order valence-corrected chi connectivity index (χ4v) is 3.17. The molecule has 0 fully saturated rings. The van der Waals surface area contributed by atoms with E-state index in [1.165, 1.54) is 11.8 Å². The molecule has 0 bridgehead atoms. The minimum Gasteiger partial charge on any atom is -0.385 e. The molecule has 0 atom stereocenters. The Bertz CT molecular complexity index is 835. The minimum absolute atomic E-state index is 0.0416. The summed E-state index contributed by atoms with van der Waals surface area (Å²) in [6.07, 6.45) is 2.33. The third-order valence-corrected chi connectivity index (χ3v) is 4.53. The van der Waals surface area contributed by atoms with Crippen molar-refractivity contribution in [3.63, 3.8) is 0 Å². The Morgan fingerprint density at radius 2 is 1.80 bits per heavy atom. The quantitative estimate of drug-likeness (QED) is 0.618. The summed E-state index contributed by atoms with van der Waals surface area (Å²) in [5.41, 5.74) is 1.98. The van der Waals surface area contributed by atoms with E-state index in [2.05, 4.69) is 12.2 Å². The topological polar surface area (TPSA) is 66.5 Å². The zero-order chi connectivity index (χ0) is 18.0. The summed E-state index contributed by atoms with van der Waals surface area (Å²) in [7, 11) is 0. The molecule has 0 saturated carbocycles. The van der Waals surface area contributed by atoms with Crippen LogP contribution >= 0.6 is 0 Å². The molecule has 5 nitrogen and oxygen atoms in total. The van der Waals surface area contributed by atoms with E-state index in [0.717, 1.165) is 30.5 Å². The summed E-state index contributed by atoms with van der Waals surface area (Å²) in [5, 5.41) is 4.99. The van der Waals surface area contributed by atoms with Gasteiger partial charge in [-0.15, -0.1) is 0 Å². The van der Waals surface area contributed by atoms with E-state index in [0.29, 0.717) is 16.5 Å². The van der Waals surface area contributed by atoms with Gasteiger partial charge in [0.1, 0.15) is 5.78 Å². The highest BCUT2D eigenvalue weighted by Gasteiger charge is 2.33. The summed E-state index contributed by atoms with van der Waals surface area (Å²) in [5.74, 6) is -0.690. The van der Waals surface area contributed by atoms with Gasteiger partial charge in [0.25, 0.3) is 11.8 Å². The van der Waals surface area contributed by atoms with Crippen LogP contribution in [-0.4, -0.2) is 35.6 Å². The van der Waals surface area contributed by atoms with E-state index in [1.807, 2.05) is 18.2 Å². The summed E-state index contributed by atoms with van der Waals surface area (Å²) in [6.45, 7) is 4.56. The van der Waals surface area contributed by atoms with E-state index in [4.69, 9.17) is 0 Å². The number of unbranched alkanes of at least 4 members (excludes halogenated alkanes) is 1. The van der Waals surface area contributed by atoms with Gasteiger partial charge in [0.15, 0.2) is 0 Å². The van der Waals surface area contributed by atoms with Crippen molar-refractivity contribution in [3.8, 4) is 0 Å². The number of hydrogen-bond acceptors (Lipinski definition) is 4. The van der Waals surface area contributed by atoms with Gasteiger partial charge in [0.2, 0.25) is 0 Å². The highest BCUT2D eigenvalue weighted by Crippen LogP contribution is 2.34.